The highest BCUT2D eigenvalue weighted by atomic mass is 16.4. The minimum Gasteiger partial charge on any atom is -0.423 e. The van der Waals surface area contributed by atoms with Gasteiger partial charge in [-0.25, -0.2) is 28.8 Å². The standard InChI is InChI=1S/6C10H8O2/c1-7-2-4-9-8(6-7)3-5-10(11)12-9;1-7-2-3-8-4-5-10(11)12-9(8)6-7;1-7-3-2-4-9-8(7)5-6-10(11)12-9;1-7-3-2-4-8-5-6-9(11)12-10(7)8;1-7-6-10(11)12-9-5-3-2-4-8(7)9;1-7-6-8-4-2-3-5-9(8)12-10(7)11/h6*2-6H,1H3. The maximum absolute atomic E-state index is 11.1. The lowest BCUT2D eigenvalue weighted by atomic mass is 10.1. The molecule has 12 nitrogen and oxygen atoms in total. The minimum absolute atomic E-state index is 0.256. The Balaban J connectivity index is 0.000000127. The smallest absolute Gasteiger partial charge is 0.339 e. The summed E-state index contributed by atoms with van der Waals surface area (Å²) in [7, 11) is 0. The van der Waals surface area contributed by atoms with Crippen molar-refractivity contribution in [3.63, 3.8) is 0 Å². The van der Waals surface area contributed by atoms with Gasteiger partial charge in [-0.1, -0.05) is 90.5 Å². The molecule has 0 radical (unpaired) electrons. The number of para-hydroxylation sites is 3. The molecule has 6 aromatic heterocycles. The molecule has 0 fully saturated rings. The second-order valence-corrected chi connectivity index (χ2v) is 16.6. The molecule has 0 saturated carbocycles. The van der Waals surface area contributed by atoms with Gasteiger partial charge >= 0.3 is 33.8 Å². The van der Waals surface area contributed by atoms with Crippen molar-refractivity contribution in [2.24, 2.45) is 0 Å². The molecule has 6 aromatic carbocycles. The van der Waals surface area contributed by atoms with Gasteiger partial charge in [-0.05, 0) is 131 Å². The van der Waals surface area contributed by atoms with Gasteiger partial charge in [-0.2, -0.15) is 0 Å². The van der Waals surface area contributed by atoms with Crippen LogP contribution in [0, 0.1) is 41.5 Å². The molecule has 0 spiro atoms. The summed E-state index contributed by atoms with van der Waals surface area (Å²) >= 11 is 0. The van der Waals surface area contributed by atoms with E-state index in [1.807, 2.05) is 144 Å². The molecule has 0 amide bonds. The van der Waals surface area contributed by atoms with Gasteiger partial charge in [0.25, 0.3) is 0 Å². The van der Waals surface area contributed by atoms with Crippen molar-refractivity contribution in [1.82, 2.24) is 0 Å². The predicted octanol–water partition coefficient (Wildman–Crippen LogP) is 12.6. The molecule has 0 unspecified atom stereocenters. The number of benzene rings is 6. The van der Waals surface area contributed by atoms with Crippen LogP contribution >= 0.6 is 0 Å². The van der Waals surface area contributed by atoms with E-state index in [-0.39, 0.29) is 33.8 Å². The van der Waals surface area contributed by atoms with Gasteiger partial charge in [0, 0.05) is 68.2 Å². The Kier molecular flexibility index (Phi) is 16.3. The van der Waals surface area contributed by atoms with E-state index in [0.29, 0.717) is 39.1 Å². The number of hydrogen-bond acceptors (Lipinski definition) is 12. The average Bonchev–Trinajstić information content (AvgIpc) is 3.35. The molecule has 0 atom stereocenters. The molecular formula is C60H48O12. The monoisotopic (exact) mass is 960 g/mol. The Morgan fingerprint density at radius 1 is 0.264 bits per heavy atom. The summed E-state index contributed by atoms with van der Waals surface area (Å²) in [6, 6.07) is 54.1. The summed E-state index contributed by atoms with van der Waals surface area (Å²) in [5.41, 5.74) is 8.19. The average molecular weight is 961 g/mol. The van der Waals surface area contributed by atoms with Gasteiger partial charge in [0.05, 0.1) is 0 Å². The number of hydrogen-bond donors (Lipinski definition) is 0. The van der Waals surface area contributed by atoms with Crippen LogP contribution in [0.3, 0.4) is 0 Å². The molecule has 6 heterocycles. The lowest BCUT2D eigenvalue weighted by molar-refractivity contribution is 0.555. The van der Waals surface area contributed by atoms with Crippen LogP contribution in [0.2, 0.25) is 0 Å². The fourth-order valence-corrected chi connectivity index (χ4v) is 7.29. The molecule has 72 heavy (non-hydrogen) atoms. The van der Waals surface area contributed by atoms with Crippen molar-refractivity contribution < 1.29 is 26.5 Å². The lowest BCUT2D eigenvalue weighted by Gasteiger charge is -1.97. The van der Waals surface area contributed by atoms with Crippen molar-refractivity contribution >= 4 is 65.8 Å². The summed E-state index contributed by atoms with van der Waals surface area (Å²) in [6.07, 6.45) is 0. The zero-order valence-corrected chi connectivity index (χ0v) is 40.2. The number of rotatable bonds is 0. The largest absolute Gasteiger partial charge is 0.423 e. The molecule has 12 rings (SSSR count). The Hall–Kier alpha value is -9.42. The third-order valence-corrected chi connectivity index (χ3v) is 11.0. The van der Waals surface area contributed by atoms with Crippen LogP contribution in [0.1, 0.15) is 33.4 Å². The second-order valence-electron chi connectivity index (χ2n) is 16.6. The molecule has 0 aliphatic heterocycles. The zero-order chi connectivity index (χ0) is 51.3. The van der Waals surface area contributed by atoms with Gasteiger partial charge < -0.3 is 26.5 Å². The van der Waals surface area contributed by atoms with Crippen LogP contribution in [0.4, 0.5) is 0 Å². The van der Waals surface area contributed by atoms with E-state index in [0.717, 1.165) is 60.1 Å². The molecule has 0 aliphatic rings. The van der Waals surface area contributed by atoms with Crippen molar-refractivity contribution in [3.05, 3.63) is 278 Å². The van der Waals surface area contributed by atoms with Crippen LogP contribution in [0.5, 0.6) is 0 Å². The molecule has 0 saturated heterocycles. The molecule has 12 heteroatoms. The van der Waals surface area contributed by atoms with Crippen molar-refractivity contribution in [1.29, 1.82) is 0 Å². The molecule has 0 aliphatic carbocycles. The topological polar surface area (TPSA) is 181 Å². The van der Waals surface area contributed by atoms with E-state index in [2.05, 4.69) is 0 Å². The number of aryl methyl sites for hydroxylation is 6. The second kappa shape index (κ2) is 23.3. The highest BCUT2D eigenvalue weighted by Crippen LogP contribution is 2.18. The van der Waals surface area contributed by atoms with E-state index in [4.69, 9.17) is 26.5 Å². The van der Waals surface area contributed by atoms with E-state index in [1.165, 1.54) is 30.3 Å². The first-order valence-corrected chi connectivity index (χ1v) is 22.6. The van der Waals surface area contributed by atoms with Crippen LogP contribution in [-0.2, 0) is 0 Å². The first kappa shape index (κ1) is 50.5. The maximum Gasteiger partial charge on any atom is 0.339 e. The Labute approximate surface area is 410 Å². The van der Waals surface area contributed by atoms with E-state index < -0.39 is 0 Å². The van der Waals surface area contributed by atoms with Gasteiger partial charge in [-0.3, -0.25) is 0 Å². The predicted molar refractivity (Wildman–Crippen MR) is 283 cm³/mol. The first-order chi connectivity index (χ1) is 34.6. The molecule has 0 bridgehead atoms. The molecule has 0 N–H and O–H groups in total. The lowest BCUT2D eigenvalue weighted by Crippen LogP contribution is -2.01. The van der Waals surface area contributed by atoms with Crippen LogP contribution in [-0.4, -0.2) is 0 Å². The third-order valence-electron chi connectivity index (χ3n) is 11.0. The van der Waals surface area contributed by atoms with E-state index in [9.17, 15) is 28.8 Å². The van der Waals surface area contributed by atoms with Crippen LogP contribution in [0.15, 0.2) is 237 Å². The van der Waals surface area contributed by atoms with Crippen molar-refractivity contribution in [2.45, 2.75) is 41.5 Å². The molecule has 360 valence electrons. The van der Waals surface area contributed by atoms with Crippen LogP contribution < -0.4 is 33.8 Å². The number of fused-ring (bicyclic) bond motifs is 6. The van der Waals surface area contributed by atoms with Gasteiger partial charge in [-0.15, -0.1) is 0 Å². The summed E-state index contributed by atoms with van der Waals surface area (Å²) in [4.78, 5) is 65.3. The van der Waals surface area contributed by atoms with E-state index >= 15 is 0 Å². The molecular weight excluding hydrogens is 913 g/mol. The quantitative estimate of drug-likeness (QED) is 0.131. The third kappa shape index (κ3) is 13.4. The Morgan fingerprint density at radius 2 is 0.736 bits per heavy atom. The summed E-state index contributed by atoms with van der Waals surface area (Å²) < 4.78 is 30.0. The molecule has 12 aromatic rings. The minimum atomic E-state index is -0.300. The fraction of sp³-hybridized carbons (Fsp3) is 0.100. The highest BCUT2D eigenvalue weighted by Gasteiger charge is 2.02. The zero-order valence-electron chi connectivity index (χ0n) is 40.2. The first-order valence-electron chi connectivity index (χ1n) is 22.6. The summed E-state index contributed by atoms with van der Waals surface area (Å²) in [5.74, 6) is 0. The van der Waals surface area contributed by atoms with Crippen molar-refractivity contribution in [3.8, 4) is 0 Å². The van der Waals surface area contributed by atoms with Gasteiger partial charge in [0.1, 0.15) is 33.5 Å². The van der Waals surface area contributed by atoms with Gasteiger partial charge in [0.15, 0.2) is 0 Å². The SMILES string of the molecule is Cc1cc(=O)oc2ccccc12.Cc1cc2ccccc2oc1=O.Cc1ccc2ccc(=O)oc2c1.Cc1ccc2oc(=O)ccc2c1.Cc1cccc2ccc(=O)oc12.Cc1cccc2oc(=O)ccc12. The summed E-state index contributed by atoms with van der Waals surface area (Å²) in [5, 5.41) is 5.85. The Morgan fingerprint density at radius 3 is 1.49 bits per heavy atom. The summed E-state index contributed by atoms with van der Waals surface area (Å²) in [6.45, 7) is 11.5. The Bertz CT molecular complexity index is 4190. The highest BCUT2D eigenvalue weighted by molar-refractivity contribution is 5.82. The van der Waals surface area contributed by atoms with Crippen molar-refractivity contribution in [2.75, 3.05) is 0 Å². The van der Waals surface area contributed by atoms with Crippen LogP contribution in [0.25, 0.3) is 65.8 Å². The van der Waals surface area contributed by atoms with Gasteiger partial charge in [0.2, 0.25) is 0 Å². The normalized spacial score (nSPS) is 10.4. The maximum atomic E-state index is 11.1. The van der Waals surface area contributed by atoms with E-state index in [1.54, 1.807) is 49.4 Å². The fourth-order valence-electron chi connectivity index (χ4n) is 7.29.